The molecule has 4 heteroatoms. The summed E-state index contributed by atoms with van der Waals surface area (Å²) in [5.41, 5.74) is 1.95. The molecule has 0 spiro atoms. The molecule has 0 aliphatic carbocycles. The second-order valence-corrected chi connectivity index (χ2v) is 4.88. The molecule has 2 N–H and O–H groups in total. The average Bonchev–Trinajstić information content (AvgIpc) is 2.48. The van der Waals surface area contributed by atoms with Crippen LogP contribution in [0, 0.1) is 6.92 Å². The van der Waals surface area contributed by atoms with Crippen LogP contribution in [0.2, 0.25) is 0 Å². The molecule has 0 bridgehead atoms. The molecule has 2 aromatic carbocycles. The molecular formula is C17H19NO3. The smallest absolute Gasteiger partial charge is 0.326 e. The van der Waals surface area contributed by atoms with Gasteiger partial charge in [-0.2, -0.15) is 0 Å². The van der Waals surface area contributed by atoms with Crippen molar-refractivity contribution in [3.05, 3.63) is 54.1 Å². The SMILES string of the molecule is CC[C@H](Nc1ccc(Oc2ccc(C)cc2)cc1)C(=O)O. The molecule has 110 valence electrons. The van der Waals surface area contributed by atoms with Gasteiger partial charge >= 0.3 is 5.97 Å². The summed E-state index contributed by atoms with van der Waals surface area (Å²) < 4.78 is 5.72. The average molecular weight is 285 g/mol. The summed E-state index contributed by atoms with van der Waals surface area (Å²) in [5, 5.41) is 12.0. The van der Waals surface area contributed by atoms with E-state index in [4.69, 9.17) is 9.84 Å². The Labute approximate surface area is 124 Å². The van der Waals surface area contributed by atoms with Gasteiger partial charge in [-0.05, 0) is 49.7 Å². The zero-order valence-electron chi connectivity index (χ0n) is 12.2. The number of carboxylic acid groups (broad SMARTS) is 1. The topological polar surface area (TPSA) is 58.6 Å². The Balaban J connectivity index is 2.01. The van der Waals surface area contributed by atoms with Gasteiger partial charge in [0.25, 0.3) is 0 Å². The van der Waals surface area contributed by atoms with E-state index >= 15 is 0 Å². The van der Waals surface area contributed by atoms with Crippen LogP contribution in [0.1, 0.15) is 18.9 Å². The number of carboxylic acids is 1. The van der Waals surface area contributed by atoms with Gasteiger partial charge in [0, 0.05) is 5.69 Å². The van der Waals surface area contributed by atoms with Crippen LogP contribution >= 0.6 is 0 Å². The van der Waals surface area contributed by atoms with E-state index < -0.39 is 12.0 Å². The summed E-state index contributed by atoms with van der Waals surface area (Å²) >= 11 is 0. The summed E-state index contributed by atoms with van der Waals surface area (Å²) in [6, 6.07) is 14.5. The van der Waals surface area contributed by atoms with Crippen LogP contribution in [0.15, 0.2) is 48.5 Å². The van der Waals surface area contributed by atoms with E-state index in [0.717, 1.165) is 11.4 Å². The zero-order chi connectivity index (χ0) is 15.2. The molecular weight excluding hydrogens is 266 g/mol. The molecule has 0 fully saturated rings. The maximum atomic E-state index is 11.0. The Morgan fingerprint density at radius 1 is 1.10 bits per heavy atom. The Hall–Kier alpha value is -2.49. The highest BCUT2D eigenvalue weighted by Crippen LogP contribution is 2.23. The number of hydrogen-bond acceptors (Lipinski definition) is 3. The lowest BCUT2D eigenvalue weighted by Crippen LogP contribution is -2.28. The van der Waals surface area contributed by atoms with E-state index in [1.807, 2.05) is 62.4 Å². The molecule has 0 radical (unpaired) electrons. The third-order valence-electron chi connectivity index (χ3n) is 3.16. The van der Waals surface area contributed by atoms with Crippen LogP contribution in [0.5, 0.6) is 11.5 Å². The van der Waals surface area contributed by atoms with Crippen molar-refractivity contribution in [3.8, 4) is 11.5 Å². The van der Waals surface area contributed by atoms with Gasteiger partial charge in [-0.25, -0.2) is 4.79 Å². The molecule has 2 rings (SSSR count). The van der Waals surface area contributed by atoms with E-state index in [9.17, 15) is 4.79 Å². The van der Waals surface area contributed by atoms with Crippen molar-refractivity contribution >= 4 is 11.7 Å². The van der Waals surface area contributed by atoms with Crippen molar-refractivity contribution in [1.82, 2.24) is 0 Å². The van der Waals surface area contributed by atoms with Crippen LogP contribution in [0.25, 0.3) is 0 Å². The lowest BCUT2D eigenvalue weighted by atomic mass is 10.2. The third kappa shape index (κ3) is 4.24. The third-order valence-corrected chi connectivity index (χ3v) is 3.16. The second kappa shape index (κ2) is 6.79. The van der Waals surface area contributed by atoms with Crippen LogP contribution in [-0.4, -0.2) is 17.1 Å². The number of ether oxygens (including phenoxy) is 1. The first-order chi connectivity index (χ1) is 10.1. The quantitative estimate of drug-likeness (QED) is 0.840. The highest BCUT2D eigenvalue weighted by atomic mass is 16.5. The minimum Gasteiger partial charge on any atom is -0.480 e. The van der Waals surface area contributed by atoms with Crippen LogP contribution in [0.3, 0.4) is 0 Å². The molecule has 0 aliphatic rings. The van der Waals surface area contributed by atoms with E-state index in [-0.39, 0.29) is 0 Å². The van der Waals surface area contributed by atoms with Gasteiger partial charge in [0.2, 0.25) is 0 Å². The fourth-order valence-electron chi connectivity index (χ4n) is 1.90. The highest BCUT2D eigenvalue weighted by Gasteiger charge is 2.13. The van der Waals surface area contributed by atoms with Gasteiger partial charge in [0.1, 0.15) is 17.5 Å². The molecule has 0 heterocycles. The minimum atomic E-state index is -0.850. The molecule has 21 heavy (non-hydrogen) atoms. The number of aryl methyl sites for hydroxylation is 1. The van der Waals surface area contributed by atoms with Crippen molar-refractivity contribution in [2.45, 2.75) is 26.3 Å². The summed E-state index contributed by atoms with van der Waals surface area (Å²) in [6.45, 7) is 3.86. The predicted molar refractivity (Wildman–Crippen MR) is 83.0 cm³/mol. The van der Waals surface area contributed by atoms with Gasteiger partial charge in [-0.15, -0.1) is 0 Å². The largest absolute Gasteiger partial charge is 0.480 e. The Morgan fingerprint density at radius 3 is 2.10 bits per heavy atom. The number of carbonyl (C=O) groups is 1. The minimum absolute atomic E-state index is 0.525. The molecule has 0 amide bonds. The number of anilines is 1. The van der Waals surface area contributed by atoms with Crippen molar-refractivity contribution in [2.75, 3.05) is 5.32 Å². The number of aliphatic carboxylic acids is 1. The highest BCUT2D eigenvalue weighted by molar-refractivity contribution is 5.77. The van der Waals surface area contributed by atoms with Crippen molar-refractivity contribution in [3.63, 3.8) is 0 Å². The second-order valence-electron chi connectivity index (χ2n) is 4.88. The number of rotatable bonds is 6. The molecule has 0 aliphatic heterocycles. The van der Waals surface area contributed by atoms with E-state index in [0.29, 0.717) is 12.2 Å². The first kappa shape index (κ1) is 14.9. The predicted octanol–water partition coefficient (Wildman–Crippen LogP) is 4.06. The first-order valence-electron chi connectivity index (χ1n) is 6.92. The molecule has 1 atom stereocenters. The number of benzene rings is 2. The van der Waals surface area contributed by atoms with Crippen molar-refractivity contribution in [2.24, 2.45) is 0 Å². The van der Waals surface area contributed by atoms with Crippen molar-refractivity contribution < 1.29 is 14.6 Å². The van der Waals surface area contributed by atoms with E-state index in [1.54, 1.807) is 0 Å². The normalized spacial score (nSPS) is 11.7. The summed E-state index contributed by atoms with van der Waals surface area (Å²) in [6.07, 6.45) is 0.525. The Morgan fingerprint density at radius 2 is 1.62 bits per heavy atom. The maximum Gasteiger partial charge on any atom is 0.326 e. The summed E-state index contributed by atoms with van der Waals surface area (Å²) in [5.74, 6) is 0.642. The molecule has 0 saturated carbocycles. The van der Waals surface area contributed by atoms with Gasteiger partial charge in [0.05, 0.1) is 0 Å². The zero-order valence-corrected chi connectivity index (χ0v) is 12.2. The van der Waals surface area contributed by atoms with Gasteiger partial charge in [0.15, 0.2) is 0 Å². The summed E-state index contributed by atoms with van der Waals surface area (Å²) in [4.78, 5) is 11.0. The van der Waals surface area contributed by atoms with Crippen molar-refractivity contribution in [1.29, 1.82) is 0 Å². The van der Waals surface area contributed by atoms with Crippen LogP contribution in [-0.2, 0) is 4.79 Å². The first-order valence-corrected chi connectivity index (χ1v) is 6.92. The molecule has 0 aromatic heterocycles. The van der Waals surface area contributed by atoms with Gasteiger partial charge in [-0.3, -0.25) is 0 Å². The standard InChI is InChI=1S/C17H19NO3/c1-3-16(17(19)20)18-13-6-10-15(11-7-13)21-14-8-4-12(2)5-9-14/h4-11,16,18H,3H2,1-2H3,(H,19,20)/t16-/m0/s1. The van der Waals surface area contributed by atoms with E-state index in [1.165, 1.54) is 5.56 Å². The van der Waals surface area contributed by atoms with E-state index in [2.05, 4.69) is 5.32 Å². The monoisotopic (exact) mass is 285 g/mol. The Kier molecular flexibility index (Phi) is 4.82. The fourth-order valence-corrected chi connectivity index (χ4v) is 1.90. The lowest BCUT2D eigenvalue weighted by molar-refractivity contribution is -0.137. The molecule has 2 aromatic rings. The molecule has 0 saturated heterocycles. The lowest BCUT2D eigenvalue weighted by Gasteiger charge is -2.14. The summed E-state index contributed by atoms with van der Waals surface area (Å²) in [7, 11) is 0. The Bertz CT molecular complexity index is 590. The fraction of sp³-hybridized carbons (Fsp3) is 0.235. The molecule has 4 nitrogen and oxygen atoms in total. The molecule has 0 unspecified atom stereocenters. The van der Waals surface area contributed by atoms with Crippen LogP contribution < -0.4 is 10.1 Å². The van der Waals surface area contributed by atoms with Gasteiger partial charge in [-0.1, -0.05) is 24.6 Å². The maximum absolute atomic E-state index is 11.0. The number of nitrogens with one attached hydrogen (secondary N) is 1. The van der Waals surface area contributed by atoms with Crippen LogP contribution in [0.4, 0.5) is 5.69 Å². The van der Waals surface area contributed by atoms with Gasteiger partial charge < -0.3 is 15.2 Å². The number of hydrogen-bond donors (Lipinski definition) is 2.